The van der Waals surface area contributed by atoms with Gasteiger partial charge in [0.15, 0.2) is 9.84 Å². The van der Waals surface area contributed by atoms with Gasteiger partial charge >= 0.3 is 6.03 Å². The zero-order valence-corrected chi connectivity index (χ0v) is 14.6. The Morgan fingerprint density at radius 3 is 2.59 bits per heavy atom. The van der Waals surface area contributed by atoms with Gasteiger partial charge in [0.05, 0.1) is 30.7 Å². The van der Waals surface area contributed by atoms with Gasteiger partial charge in [-0.25, -0.2) is 13.2 Å². The molecule has 0 radical (unpaired) electrons. The highest BCUT2D eigenvalue weighted by Crippen LogP contribution is 2.32. The molecule has 22 heavy (non-hydrogen) atoms. The van der Waals surface area contributed by atoms with Crippen molar-refractivity contribution in [2.45, 2.75) is 37.7 Å². The molecule has 1 spiro atoms. The number of urea groups is 1. The Labute approximate surface area is 132 Å². The monoisotopic (exact) mass is 333 g/mol. The third kappa shape index (κ3) is 3.72. The molecule has 2 fully saturated rings. The lowest BCUT2D eigenvalue weighted by atomic mass is 9.96. The highest BCUT2D eigenvalue weighted by Gasteiger charge is 2.53. The Bertz CT molecular complexity index is 514. The second kappa shape index (κ2) is 6.33. The minimum absolute atomic E-state index is 0.00762. The lowest BCUT2D eigenvalue weighted by Crippen LogP contribution is -2.72. The maximum Gasteiger partial charge on any atom is 0.317 e. The number of hydrogen-bond acceptors (Lipinski definition) is 5. The molecule has 2 saturated heterocycles. The first kappa shape index (κ1) is 17.5. The molecule has 2 heterocycles. The lowest BCUT2D eigenvalue weighted by Gasteiger charge is -2.52. The molecule has 128 valence electrons. The van der Waals surface area contributed by atoms with E-state index in [1.54, 1.807) is 4.90 Å². The fourth-order valence-corrected chi connectivity index (χ4v) is 4.85. The van der Waals surface area contributed by atoms with E-state index in [2.05, 4.69) is 5.32 Å². The first-order valence-electron chi connectivity index (χ1n) is 7.77. The highest BCUT2D eigenvalue weighted by atomic mass is 32.2. The van der Waals surface area contributed by atoms with E-state index in [-0.39, 0.29) is 24.4 Å². The molecule has 2 aliphatic heterocycles. The van der Waals surface area contributed by atoms with Crippen molar-refractivity contribution in [3.63, 3.8) is 0 Å². The third-order valence-corrected chi connectivity index (χ3v) is 6.49. The summed E-state index contributed by atoms with van der Waals surface area (Å²) in [6.07, 6.45) is 0. The summed E-state index contributed by atoms with van der Waals surface area (Å²) in [6, 6.07) is -0.0940. The average molecular weight is 333 g/mol. The molecule has 0 unspecified atom stereocenters. The topological polar surface area (TPSA) is 79.0 Å². The molecular weight excluding hydrogens is 306 g/mol. The van der Waals surface area contributed by atoms with Gasteiger partial charge in [-0.2, -0.15) is 0 Å². The second-order valence-electron chi connectivity index (χ2n) is 6.74. The second-order valence-corrected chi connectivity index (χ2v) is 9.02. The molecule has 7 nitrogen and oxygen atoms in total. The van der Waals surface area contributed by atoms with Gasteiger partial charge in [0.2, 0.25) is 0 Å². The predicted molar refractivity (Wildman–Crippen MR) is 84.7 cm³/mol. The van der Waals surface area contributed by atoms with E-state index in [9.17, 15) is 13.2 Å². The van der Waals surface area contributed by atoms with Crippen molar-refractivity contribution in [3.05, 3.63) is 0 Å². The first-order valence-corrected chi connectivity index (χ1v) is 9.48. The van der Waals surface area contributed by atoms with E-state index in [4.69, 9.17) is 4.74 Å². The molecule has 8 heteroatoms. The van der Waals surface area contributed by atoms with Crippen LogP contribution >= 0.6 is 0 Å². The molecule has 0 aromatic carbocycles. The molecule has 1 atom stereocenters. The normalized spacial score (nSPS) is 26.3. The molecule has 0 aliphatic carbocycles. The van der Waals surface area contributed by atoms with Crippen molar-refractivity contribution < 1.29 is 17.9 Å². The molecule has 2 amide bonds. The zero-order valence-electron chi connectivity index (χ0n) is 13.8. The molecule has 0 aromatic rings. The van der Waals surface area contributed by atoms with E-state index < -0.39 is 20.7 Å². The predicted octanol–water partition coefficient (Wildman–Crippen LogP) is -0.0759. The van der Waals surface area contributed by atoms with Gasteiger partial charge in [-0.3, -0.25) is 0 Å². The Kier molecular flexibility index (Phi) is 5.03. The van der Waals surface area contributed by atoms with Gasteiger partial charge < -0.3 is 19.9 Å². The van der Waals surface area contributed by atoms with Crippen molar-refractivity contribution in [3.8, 4) is 0 Å². The van der Waals surface area contributed by atoms with Gasteiger partial charge in [0.1, 0.15) is 5.60 Å². The summed E-state index contributed by atoms with van der Waals surface area (Å²) in [7, 11) is -1.29. The Morgan fingerprint density at radius 1 is 1.45 bits per heavy atom. The summed E-state index contributed by atoms with van der Waals surface area (Å²) in [5.74, 6) is 0.00762. The fraction of sp³-hybridized carbons (Fsp3) is 0.929. The van der Waals surface area contributed by atoms with E-state index >= 15 is 0 Å². The van der Waals surface area contributed by atoms with Crippen molar-refractivity contribution in [2.75, 3.05) is 45.6 Å². The smallest absolute Gasteiger partial charge is 0.317 e. The number of rotatable bonds is 4. The van der Waals surface area contributed by atoms with Gasteiger partial charge in [-0.05, 0) is 27.4 Å². The summed E-state index contributed by atoms with van der Waals surface area (Å²) in [6.45, 7) is 7.99. The van der Waals surface area contributed by atoms with E-state index in [0.29, 0.717) is 19.6 Å². The van der Waals surface area contributed by atoms with E-state index in [0.717, 1.165) is 6.54 Å². The van der Waals surface area contributed by atoms with Crippen LogP contribution in [0, 0.1) is 0 Å². The zero-order chi connectivity index (χ0) is 16.5. The summed E-state index contributed by atoms with van der Waals surface area (Å²) < 4.78 is 30.8. The van der Waals surface area contributed by atoms with Crippen molar-refractivity contribution in [1.29, 1.82) is 0 Å². The minimum Gasteiger partial charge on any atom is -0.369 e. The van der Waals surface area contributed by atoms with Crippen LogP contribution in [-0.4, -0.2) is 86.7 Å². The van der Waals surface area contributed by atoms with Crippen molar-refractivity contribution in [2.24, 2.45) is 0 Å². The fourth-order valence-electron chi connectivity index (χ4n) is 2.86. The van der Waals surface area contributed by atoms with Gasteiger partial charge in [-0.1, -0.05) is 6.92 Å². The Balaban J connectivity index is 1.92. The number of ether oxygens (including phenoxy) is 1. The van der Waals surface area contributed by atoms with E-state index in [1.807, 2.05) is 32.7 Å². The van der Waals surface area contributed by atoms with Crippen LogP contribution in [0.3, 0.4) is 0 Å². The highest BCUT2D eigenvalue weighted by molar-refractivity contribution is 7.92. The molecule has 0 aromatic heterocycles. The number of amides is 2. The first-order chi connectivity index (χ1) is 10.2. The van der Waals surface area contributed by atoms with Crippen LogP contribution in [0.4, 0.5) is 4.79 Å². The molecule has 2 aliphatic rings. The van der Waals surface area contributed by atoms with Crippen LogP contribution < -0.4 is 5.32 Å². The van der Waals surface area contributed by atoms with Crippen LogP contribution in [0.25, 0.3) is 0 Å². The van der Waals surface area contributed by atoms with Crippen LogP contribution in [0.15, 0.2) is 0 Å². The number of nitrogens with one attached hydrogen (secondary N) is 1. The number of sulfone groups is 1. The molecule has 0 bridgehead atoms. The molecular formula is C14H27N3O4S. The van der Waals surface area contributed by atoms with Gasteiger partial charge in [0.25, 0.3) is 0 Å². The lowest BCUT2D eigenvalue weighted by molar-refractivity contribution is -0.118. The van der Waals surface area contributed by atoms with Crippen molar-refractivity contribution >= 4 is 15.9 Å². The molecule has 2 rings (SSSR count). The average Bonchev–Trinajstić information content (AvgIpc) is 2.36. The maximum atomic E-state index is 12.5. The number of hydrogen-bond donors (Lipinski definition) is 1. The minimum atomic E-state index is -3.19. The SMILES string of the molecule is CCN(C)C[C@H]1COC2(CN(C(=O)NC(C)C)C2)CS1(=O)=O. The van der Waals surface area contributed by atoms with Crippen LogP contribution in [-0.2, 0) is 14.6 Å². The quantitative estimate of drug-likeness (QED) is 0.779. The standard InChI is InChI=1S/C14H27N3O4S/c1-5-16(4)6-12-7-21-14(10-22(12,19)20)8-17(9-14)13(18)15-11(2)3/h11-12H,5-10H2,1-4H3,(H,15,18)/t12-/m0/s1. The van der Waals surface area contributed by atoms with Crippen LogP contribution in [0.5, 0.6) is 0 Å². The maximum absolute atomic E-state index is 12.5. The Morgan fingerprint density at radius 2 is 2.09 bits per heavy atom. The van der Waals surface area contributed by atoms with Crippen LogP contribution in [0.2, 0.25) is 0 Å². The van der Waals surface area contributed by atoms with Gasteiger partial charge in [-0.15, -0.1) is 0 Å². The number of likely N-dealkylation sites (tertiary alicyclic amines) is 1. The number of nitrogens with zero attached hydrogens (tertiary/aromatic N) is 2. The largest absolute Gasteiger partial charge is 0.369 e. The van der Waals surface area contributed by atoms with Crippen molar-refractivity contribution in [1.82, 2.24) is 15.1 Å². The summed E-state index contributed by atoms with van der Waals surface area (Å²) in [5.41, 5.74) is -0.700. The molecule has 0 saturated carbocycles. The summed E-state index contributed by atoms with van der Waals surface area (Å²) in [5, 5.41) is 2.33. The Hall–Kier alpha value is -0.860. The third-order valence-electron chi connectivity index (χ3n) is 4.26. The molecule has 1 N–H and O–H groups in total. The number of carbonyl (C=O) groups is 1. The number of carbonyl (C=O) groups excluding carboxylic acids is 1. The summed E-state index contributed by atoms with van der Waals surface area (Å²) in [4.78, 5) is 15.5. The van der Waals surface area contributed by atoms with Gasteiger partial charge in [0, 0.05) is 12.6 Å². The van der Waals surface area contributed by atoms with E-state index in [1.165, 1.54) is 0 Å². The summed E-state index contributed by atoms with van der Waals surface area (Å²) >= 11 is 0. The van der Waals surface area contributed by atoms with Crippen LogP contribution in [0.1, 0.15) is 20.8 Å².